The molecule has 0 radical (unpaired) electrons. The van der Waals surface area contributed by atoms with Gasteiger partial charge in [0, 0.05) is 23.1 Å². The summed E-state index contributed by atoms with van der Waals surface area (Å²) >= 11 is 6.81. The van der Waals surface area contributed by atoms with Gasteiger partial charge in [0.1, 0.15) is 0 Å². The number of methoxy groups -OCH3 is 1. The quantitative estimate of drug-likeness (QED) is 0.399. The minimum Gasteiger partial charge on any atom is -0.469 e. The number of urea groups is 1. The second kappa shape index (κ2) is 9.97. The molecule has 1 aromatic rings. The van der Waals surface area contributed by atoms with E-state index in [1.165, 1.54) is 7.11 Å². The number of aliphatic hydroxyl groups is 1. The molecule has 5 rings (SSSR count). The van der Waals surface area contributed by atoms with Gasteiger partial charge in [0.05, 0.1) is 30.3 Å². The van der Waals surface area contributed by atoms with Crippen LogP contribution in [0.5, 0.6) is 0 Å². The zero-order valence-electron chi connectivity index (χ0n) is 24.0. The number of hydrogen-bond donors (Lipinski definition) is 3. The standard InChI is InChI=1S/C30H45ClN2O5/c1-19-22(15-34)30(18-38-27(19,5)6,21-9-8-20(23(31)14-21)10-11-26(2,3)4)33-25(36)32-29-13-12-28(16-29,17-29)24(35)37-7/h8-9,14,19,22,34H,10-13,15-18H2,1-7H3,(H2,32,33,36). The number of ether oxygens (including phenoxy) is 2. The number of esters is 1. The molecule has 8 heteroatoms. The molecule has 1 saturated heterocycles. The fourth-order valence-corrected chi connectivity index (χ4v) is 7.24. The molecule has 0 aromatic heterocycles. The second-order valence-corrected chi connectivity index (χ2v) is 14.2. The third kappa shape index (κ3) is 5.18. The monoisotopic (exact) mass is 548 g/mol. The Morgan fingerprint density at radius 2 is 1.87 bits per heavy atom. The third-order valence-electron chi connectivity index (χ3n) is 9.68. The van der Waals surface area contributed by atoms with Gasteiger partial charge in [0.25, 0.3) is 0 Å². The highest BCUT2D eigenvalue weighted by molar-refractivity contribution is 6.31. The summed E-state index contributed by atoms with van der Waals surface area (Å²) in [7, 11) is 1.42. The molecule has 7 nitrogen and oxygen atoms in total. The summed E-state index contributed by atoms with van der Waals surface area (Å²) in [6, 6.07) is 5.65. The van der Waals surface area contributed by atoms with E-state index in [0.717, 1.165) is 30.4 Å². The van der Waals surface area contributed by atoms with E-state index in [1.54, 1.807) is 0 Å². The van der Waals surface area contributed by atoms with Crippen molar-refractivity contribution < 1.29 is 24.2 Å². The first-order chi connectivity index (χ1) is 17.6. The van der Waals surface area contributed by atoms with Gasteiger partial charge in [0.15, 0.2) is 0 Å². The Bertz CT molecular complexity index is 1070. The molecule has 0 spiro atoms. The lowest BCUT2D eigenvalue weighted by molar-refractivity contribution is -0.168. The molecule has 4 fully saturated rings. The number of aryl methyl sites for hydroxylation is 1. The van der Waals surface area contributed by atoms with Crippen LogP contribution in [0.1, 0.15) is 84.8 Å². The predicted molar refractivity (Wildman–Crippen MR) is 148 cm³/mol. The van der Waals surface area contributed by atoms with Crippen molar-refractivity contribution in [2.45, 2.75) is 96.7 Å². The first-order valence-corrected chi connectivity index (χ1v) is 14.2. The Kier molecular flexibility index (Phi) is 7.65. The molecule has 38 heavy (non-hydrogen) atoms. The molecule has 3 saturated carbocycles. The number of rotatable bonds is 7. The maximum Gasteiger partial charge on any atom is 0.316 e. The lowest BCUT2D eigenvalue weighted by Crippen LogP contribution is -2.68. The Morgan fingerprint density at radius 3 is 2.45 bits per heavy atom. The molecule has 1 heterocycles. The summed E-state index contributed by atoms with van der Waals surface area (Å²) in [5, 5.41) is 17.7. The normalized spacial score (nSPS) is 33.8. The van der Waals surface area contributed by atoms with E-state index in [1.807, 2.05) is 32.0 Å². The minimum atomic E-state index is -0.974. The summed E-state index contributed by atoms with van der Waals surface area (Å²) in [5.74, 6) is -0.547. The number of fused-ring (bicyclic) bond motifs is 1. The fraction of sp³-hybridized carbons (Fsp3) is 0.733. The Balaban J connectivity index is 1.62. The largest absolute Gasteiger partial charge is 0.469 e. The van der Waals surface area contributed by atoms with Crippen molar-refractivity contribution in [3.05, 3.63) is 34.3 Å². The summed E-state index contributed by atoms with van der Waals surface area (Å²) in [5.41, 5.74) is -0.258. The van der Waals surface area contributed by atoms with Crippen molar-refractivity contribution in [1.29, 1.82) is 0 Å². The zero-order valence-corrected chi connectivity index (χ0v) is 24.8. The van der Waals surface area contributed by atoms with Gasteiger partial charge in [-0.2, -0.15) is 0 Å². The van der Waals surface area contributed by atoms with Crippen molar-refractivity contribution >= 4 is 23.6 Å². The molecular formula is C30H45ClN2O5. The van der Waals surface area contributed by atoms with Crippen molar-refractivity contribution in [2.75, 3.05) is 20.3 Å². The van der Waals surface area contributed by atoms with Crippen LogP contribution in [0.15, 0.2) is 18.2 Å². The maximum absolute atomic E-state index is 13.6. The summed E-state index contributed by atoms with van der Waals surface area (Å²) in [6.07, 6.45) is 4.48. The van der Waals surface area contributed by atoms with Gasteiger partial charge in [-0.05, 0) is 80.9 Å². The number of nitrogens with one attached hydrogen (secondary N) is 2. The van der Waals surface area contributed by atoms with Crippen LogP contribution in [0.2, 0.25) is 5.02 Å². The lowest BCUT2D eigenvalue weighted by Gasteiger charge is -2.54. The summed E-state index contributed by atoms with van der Waals surface area (Å²) in [4.78, 5) is 25.9. The maximum atomic E-state index is 13.6. The van der Waals surface area contributed by atoms with Crippen LogP contribution in [0.25, 0.3) is 0 Å². The van der Waals surface area contributed by atoms with Gasteiger partial charge in [-0.25, -0.2) is 4.79 Å². The number of aliphatic hydroxyl groups excluding tert-OH is 1. The first kappa shape index (κ1) is 29.2. The fourth-order valence-electron chi connectivity index (χ4n) is 6.96. The molecule has 1 aromatic carbocycles. The smallest absolute Gasteiger partial charge is 0.316 e. The van der Waals surface area contributed by atoms with Crippen molar-refractivity contribution in [1.82, 2.24) is 10.6 Å². The highest BCUT2D eigenvalue weighted by Gasteiger charge is 2.66. The van der Waals surface area contributed by atoms with Gasteiger partial charge in [-0.1, -0.05) is 51.4 Å². The van der Waals surface area contributed by atoms with Gasteiger partial charge >= 0.3 is 12.0 Å². The van der Waals surface area contributed by atoms with Crippen LogP contribution >= 0.6 is 11.6 Å². The number of amides is 2. The molecule has 2 amide bonds. The molecular weight excluding hydrogens is 504 g/mol. The van der Waals surface area contributed by atoms with Crippen LogP contribution in [0.4, 0.5) is 4.79 Å². The minimum absolute atomic E-state index is 0.0544. The third-order valence-corrected chi connectivity index (χ3v) is 10.0. The molecule has 4 aliphatic rings. The second-order valence-electron chi connectivity index (χ2n) is 13.8. The van der Waals surface area contributed by atoms with E-state index in [0.29, 0.717) is 24.3 Å². The first-order valence-electron chi connectivity index (χ1n) is 13.8. The van der Waals surface area contributed by atoms with Gasteiger partial charge in [-0.3, -0.25) is 4.79 Å². The van der Waals surface area contributed by atoms with E-state index in [-0.39, 0.29) is 42.5 Å². The van der Waals surface area contributed by atoms with E-state index < -0.39 is 22.1 Å². The zero-order chi connectivity index (χ0) is 28.1. The Morgan fingerprint density at radius 1 is 1.18 bits per heavy atom. The molecule has 1 aliphatic heterocycles. The van der Waals surface area contributed by atoms with E-state index in [4.69, 9.17) is 21.1 Å². The van der Waals surface area contributed by atoms with Crippen LogP contribution in [0, 0.1) is 22.7 Å². The number of halogens is 1. The van der Waals surface area contributed by atoms with E-state index in [9.17, 15) is 14.7 Å². The molecule has 3 unspecified atom stereocenters. The van der Waals surface area contributed by atoms with Crippen LogP contribution in [0.3, 0.4) is 0 Å². The number of carbonyl (C=O) groups excluding carboxylic acids is 2. The highest BCUT2D eigenvalue weighted by atomic mass is 35.5. The topological polar surface area (TPSA) is 96.9 Å². The lowest BCUT2D eigenvalue weighted by atomic mass is 9.65. The molecule has 3 N–H and O–H groups in total. The van der Waals surface area contributed by atoms with Gasteiger partial charge in [0.2, 0.25) is 0 Å². The Hall–Kier alpha value is -1.83. The van der Waals surface area contributed by atoms with Crippen LogP contribution in [-0.4, -0.2) is 48.6 Å². The van der Waals surface area contributed by atoms with E-state index in [2.05, 4.69) is 38.3 Å². The average Bonchev–Trinajstić information content (AvgIpc) is 3.36. The average molecular weight is 549 g/mol. The number of hydrogen-bond acceptors (Lipinski definition) is 5. The number of carbonyl (C=O) groups is 2. The highest BCUT2D eigenvalue weighted by Crippen LogP contribution is 2.62. The summed E-state index contributed by atoms with van der Waals surface area (Å²) in [6.45, 7) is 12.8. The van der Waals surface area contributed by atoms with Crippen molar-refractivity contribution in [3.8, 4) is 0 Å². The molecule has 2 bridgehead atoms. The molecule has 212 valence electrons. The van der Waals surface area contributed by atoms with Gasteiger partial charge < -0.3 is 25.2 Å². The Labute approximate surface area is 232 Å². The van der Waals surface area contributed by atoms with Gasteiger partial charge in [-0.15, -0.1) is 0 Å². The van der Waals surface area contributed by atoms with Crippen molar-refractivity contribution in [3.63, 3.8) is 0 Å². The molecule has 3 aliphatic carbocycles. The SMILES string of the molecule is COC(=O)C12CCC(NC(=O)NC3(c4ccc(CCC(C)(C)C)c(Cl)c4)COC(C)(C)C(C)C3CO)(C1)C2. The number of benzene rings is 1. The predicted octanol–water partition coefficient (Wildman–Crippen LogP) is 5.35. The van der Waals surface area contributed by atoms with Crippen LogP contribution < -0.4 is 10.6 Å². The van der Waals surface area contributed by atoms with Crippen LogP contribution in [-0.2, 0) is 26.2 Å². The van der Waals surface area contributed by atoms with E-state index >= 15 is 0 Å². The van der Waals surface area contributed by atoms with Crippen molar-refractivity contribution in [2.24, 2.45) is 22.7 Å². The summed E-state index contributed by atoms with van der Waals surface area (Å²) < 4.78 is 11.4. The molecule has 3 atom stereocenters.